The summed E-state index contributed by atoms with van der Waals surface area (Å²) in [5.41, 5.74) is 2.90. The second kappa shape index (κ2) is 9.36. The van der Waals surface area contributed by atoms with Crippen LogP contribution >= 0.6 is 11.6 Å². The number of amides is 1. The lowest BCUT2D eigenvalue weighted by Crippen LogP contribution is -2.43. The van der Waals surface area contributed by atoms with Crippen LogP contribution in [0, 0.1) is 12.7 Å². The molecule has 0 unspecified atom stereocenters. The maximum Gasteiger partial charge on any atom is 0.254 e. The monoisotopic (exact) mass is 430 g/mol. The fourth-order valence-corrected chi connectivity index (χ4v) is 4.47. The fraction of sp³-hybridized carbons (Fsp3) is 0.458. The largest absolute Gasteiger partial charge is 0.490 e. The van der Waals surface area contributed by atoms with E-state index in [1.54, 1.807) is 12.1 Å². The standard InChI is InChI=1S/C24H28ClFN2O2/c1-17-15-18-3-2-10-28(24(29)22(18)16-23(17)25)14-13-27-11-8-21(9-12-27)30-20-6-4-19(26)5-7-20/h4-7,15-16,21H,2-3,8-14H2,1H3. The molecular weight excluding hydrogens is 403 g/mol. The third-order valence-corrected chi connectivity index (χ3v) is 6.52. The van der Waals surface area contributed by atoms with Crippen molar-refractivity contribution >= 4 is 17.5 Å². The van der Waals surface area contributed by atoms with Gasteiger partial charge in [0.2, 0.25) is 0 Å². The molecule has 30 heavy (non-hydrogen) atoms. The Hall–Kier alpha value is -2.11. The molecular formula is C24H28ClFN2O2. The molecule has 2 aromatic carbocycles. The molecule has 0 N–H and O–H groups in total. The third-order valence-electron chi connectivity index (χ3n) is 6.11. The number of carbonyl (C=O) groups excluding carboxylic acids is 1. The van der Waals surface area contributed by atoms with Gasteiger partial charge >= 0.3 is 0 Å². The zero-order valence-electron chi connectivity index (χ0n) is 17.4. The summed E-state index contributed by atoms with van der Waals surface area (Å²) in [5.74, 6) is 0.566. The van der Waals surface area contributed by atoms with Gasteiger partial charge in [0.25, 0.3) is 5.91 Å². The molecule has 0 aliphatic carbocycles. The van der Waals surface area contributed by atoms with Crippen LogP contribution in [0.1, 0.15) is 40.7 Å². The van der Waals surface area contributed by atoms with Gasteiger partial charge in [-0.05, 0) is 74.1 Å². The van der Waals surface area contributed by atoms with Crippen LogP contribution in [0.3, 0.4) is 0 Å². The van der Waals surface area contributed by atoms with Crippen LogP contribution in [0.25, 0.3) is 0 Å². The molecule has 1 fully saturated rings. The Labute approximate surface area is 182 Å². The molecule has 0 bridgehead atoms. The van der Waals surface area contributed by atoms with Crippen molar-refractivity contribution < 1.29 is 13.9 Å². The molecule has 2 aliphatic heterocycles. The number of fused-ring (bicyclic) bond motifs is 1. The van der Waals surface area contributed by atoms with E-state index >= 15 is 0 Å². The van der Waals surface area contributed by atoms with E-state index in [9.17, 15) is 9.18 Å². The Morgan fingerprint density at radius 1 is 1.10 bits per heavy atom. The zero-order chi connectivity index (χ0) is 21.1. The van der Waals surface area contributed by atoms with Gasteiger partial charge in [0, 0.05) is 43.3 Å². The van der Waals surface area contributed by atoms with Crippen molar-refractivity contribution in [1.82, 2.24) is 9.80 Å². The Bertz CT molecular complexity index is 895. The summed E-state index contributed by atoms with van der Waals surface area (Å²) >= 11 is 6.28. The normalized spacial score (nSPS) is 18.2. The molecule has 0 aromatic heterocycles. The van der Waals surface area contributed by atoms with Crippen LogP contribution in [0.5, 0.6) is 5.75 Å². The van der Waals surface area contributed by atoms with Crippen LogP contribution < -0.4 is 4.74 Å². The highest BCUT2D eigenvalue weighted by molar-refractivity contribution is 6.31. The Morgan fingerprint density at radius 2 is 1.83 bits per heavy atom. The topological polar surface area (TPSA) is 32.8 Å². The maximum absolute atomic E-state index is 13.1. The maximum atomic E-state index is 13.1. The smallest absolute Gasteiger partial charge is 0.254 e. The van der Waals surface area contributed by atoms with E-state index < -0.39 is 0 Å². The number of nitrogens with zero attached hydrogens (tertiary/aromatic N) is 2. The molecule has 4 rings (SSSR count). The van der Waals surface area contributed by atoms with Crippen molar-refractivity contribution in [3.63, 3.8) is 0 Å². The van der Waals surface area contributed by atoms with Gasteiger partial charge in [0.15, 0.2) is 0 Å². The van der Waals surface area contributed by atoms with Crippen molar-refractivity contribution in [3.8, 4) is 5.75 Å². The summed E-state index contributed by atoms with van der Waals surface area (Å²) in [7, 11) is 0. The number of likely N-dealkylation sites (tertiary alicyclic amines) is 1. The molecule has 0 atom stereocenters. The minimum absolute atomic E-state index is 0.0962. The Kier molecular flexibility index (Phi) is 6.59. The summed E-state index contributed by atoms with van der Waals surface area (Å²) in [6.45, 7) is 6.25. The zero-order valence-corrected chi connectivity index (χ0v) is 18.1. The van der Waals surface area contributed by atoms with E-state index in [2.05, 4.69) is 11.0 Å². The van der Waals surface area contributed by atoms with Crippen LogP contribution in [0.15, 0.2) is 36.4 Å². The van der Waals surface area contributed by atoms with E-state index in [4.69, 9.17) is 16.3 Å². The average molecular weight is 431 g/mol. The van der Waals surface area contributed by atoms with Gasteiger partial charge in [-0.15, -0.1) is 0 Å². The summed E-state index contributed by atoms with van der Waals surface area (Å²) in [5, 5.41) is 0.659. The highest BCUT2D eigenvalue weighted by Gasteiger charge is 2.25. The summed E-state index contributed by atoms with van der Waals surface area (Å²) in [4.78, 5) is 17.4. The number of halogens is 2. The summed E-state index contributed by atoms with van der Waals surface area (Å²) in [6, 6.07) is 10.1. The highest BCUT2D eigenvalue weighted by atomic mass is 35.5. The molecule has 1 amide bonds. The minimum atomic E-state index is -0.250. The van der Waals surface area contributed by atoms with E-state index in [1.165, 1.54) is 12.1 Å². The van der Waals surface area contributed by atoms with Crippen molar-refractivity contribution in [3.05, 3.63) is 63.9 Å². The molecule has 160 valence electrons. The summed E-state index contributed by atoms with van der Waals surface area (Å²) in [6.07, 6.45) is 3.92. The predicted molar refractivity (Wildman–Crippen MR) is 117 cm³/mol. The van der Waals surface area contributed by atoms with Crippen LogP contribution in [0.4, 0.5) is 4.39 Å². The number of carbonyl (C=O) groups is 1. The second-order valence-electron chi connectivity index (χ2n) is 8.27. The number of hydrogen-bond donors (Lipinski definition) is 0. The van der Waals surface area contributed by atoms with Crippen molar-refractivity contribution in [2.75, 3.05) is 32.7 Å². The molecule has 0 spiro atoms. The van der Waals surface area contributed by atoms with Crippen LogP contribution in [0.2, 0.25) is 5.02 Å². The quantitative estimate of drug-likeness (QED) is 0.688. The first-order valence-corrected chi connectivity index (χ1v) is 11.1. The second-order valence-corrected chi connectivity index (χ2v) is 8.67. The first-order valence-electron chi connectivity index (χ1n) is 10.7. The third kappa shape index (κ3) is 4.96. The van der Waals surface area contributed by atoms with E-state index in [0.717, 1.165) is 80.8 Å². The van der Waals surface area contributed by atoms with Gasteiger partial charge in [-0.3, -0.25) is 4.79 Å². The minimum Gasteiger partial charge on any atom is -0.490 e. The SMILES string of the molecule is Cc1cc2c(cc1Cl)C(=O)N(CCN1CCC(Oc3ccc(F)cc3)CC1)CCC2. The number of aryl methyl sites for hydroxylation is 2. The summed E-state index contributed by atoms with van der Waals surface area (Å²) < 4.78 is 19.0. The van der Waals surface area contributed by atoms with Gasteiger partial charge in [0.05, 0.1) is 0 Å². The molecule has 2 aromatic rings. The predicted octanol–water partition coefficient (Wildman–Crippen LogP) is 4.72. The lowest BCUT2D eigenvalue weighted by Gasteiger charge is -2.33. The van der Waals surface area contributed by atoms with E-state index in [0.29, 0.717) is 5.02 Å². The number of rotatable bonds is 5. The van der Waals surface area contributed by atoms with E-state index in [1.807, 2.05) is 17.9 Å². The van der Waals surface area contributed by atoms with Gasteiger partial charge < -0.3 is 14.5 Å². The van der Waals surface area contributed by atoms with Gasteiger partial charge in [-0.1, -0.05) is 17.7 Å². The molecule has 6 heteroatoms. The van der Waals surface area contributed by atoms with Crippen molar-refractivity contribution in [1.29, 1.82) is 0 Å². The number of piperidine rings is 1. The van der Waals surface area contributed by atoms with Gasteiger partial charge in [0.1, 0.15) is 17.7 Å². The lowest BCUT2D eigenvalue weighted by atomic mass is 10.0. The first kappa shape index (κ1) is 21.1. The Morgan fingerprint density at radius 3 is 2.57 bits per heavy atom. The molecule has 4 nitrogen and oxygen atoms in total. The molecule has 2 heterocycles. The lowest BCUT2D eigenvalue weighted by molar-refractivity contribution is 0.0687. The molecule has 1 saturated heterocycles. The molecule has 0 radical (unpaired) electrons. The fourth-order valence-electron chi connectivity index (χ4n) is 4.31. The molecule has 2 aliphatic rings. The van der Waals surface area contributed by atoms with Crippen molar-refractivity contribution in [2.45, 2.75) is 38.7 Å². The highest BCUT2D eigenvalue weighted by Crippen LogP contribution is 2.26. The Balaban J connectivity index is 1.28. The van der Waals surface area contributed by atoms with Crippen molar-refractivity contribution in [2.24, 2.45) is 0 Å². The number of ether oxygens (including phenoxy) is 1. The number of benzene rings is 2. The van der Waals surface area contributed by atoms with E-state index in [-0.39, 0.29) is 17.8 Å². The number of hydrogen-bond acceptors (Lipinski definition) is 3. The van der Waals surface area contributed by atoms with Crippen LogP contribution in [-0.2, 0) is 6.42 Å². The van der Waals surface area contributed by atoms with Gasteiger partial charge in [-0.25, -0.2) is 4.39 Å². The van der Waals surface area contributed by atoms with Gasteiger partial charge in [-0.2, -0.15) is 0 Å². The first-order chi connectivity index (χ1) is 14.5. The molecule has 0 saturated carbocycles. The van der Waals surface area contributed by atoms with Crippen LogP contribution in [-0.4, -0.2) is 54.5 Å². The average Bonchev–Trinajstić information content (AvgIpc) is 2.89.